The fraction of sp³-hybridized carbons (Fsp3) is 0.897. The fourth-order valence-corrected chi connectivity index (χ4v) is 11.0. The maximum absolute atomic E-state index is 12.9. The predicted octanol–water partition coefficient (Wildman–Crippen LogP) is 7.35. The van der Waals surface area contributed by atoms with E-state index in [-0.39, 0.29) is 23.4 Å². The number of ketones is 1. The normalized spacial score (nSPS) is 53.8. The summed E-state index contributed by atoms with van der Waals surface area (Å²) in [6.45, 7) is 19.1. The van der Waals surface area contributed by atoms with E-state index in [1.807, 2.05) is 0 Å². The molecule has 0 bridgehead atoms. The summed E-state index contributed by atoms with van der Waals surface area (Å²) in [7, 11) is 0. The Morgan fingerprint density at radius 1 is 0.875 bits per heavy atom. The van der Waals surface area contributed by atoms with Crippen LogP contribution >= 0.6 is 12.4 Å². The van der Waals surface area contributed by atoms with Crippen LogP contribution in [0.25, 0.3) is 0 Å². The van der Waals surface area contributed by atoms with E-state index in [1.165, 1.54) is 56.9 Å². The van der Waals surface area contributed by atoms with Gasteiger partial charge in [-0.2, -0.15) is 0 Å². The van der Waals surface area contributed by atoms with Gasteiger partial charge in [-0.05, 0) is 111 Å². The summed E-state index contributed by atoms with van der Waals surface area (Å²) >= 11 is 0. The highest BCUT2D eigenvalue weighted by molar-refractivity contribution is 5.85. The van der Waals surface area contributed by atoms with Crippen molar-refractivity contribution < 1.29 is 4.79 Å². The highest BCUT2D eigenvalue weighted by atomic mass is 35.5. The second-order valence-electron chi connectivity index (χ2n) is 14.1. The van der Waals surface area contributed by atoms with Crippen molar-refractivity contribution in [2.24, 2.45) is 57.0 Å². The van der Waals surface area contributed by atoms with Gasteiger partial charge in [0.25, 0.3) is 0 Å². The average Bonchev–Trinajstić information content (AvgIpc) is 3.04. The molecule has 0 aromatic heterocycles. The largest absolute Gasteiger partial charge is 0.325 e. The van der Waals surface area contributed by atoms with Crippen molar-refractivity contribution in [3.63, 3.8) is 0 Å². The van der Waals surface area contributed by atoms with Crippen molar-refractivity contribution in [3.8, 4) is 0 Å². The molecule has 9 atom stereocenters. The quantitative estimate of drug-likeness (QED) is 0.415. The molecule has 2 nitrogen and oxygen atoms in total. The van der Waals surface area contributed by atoms with Gasteiger partial charge in [-0.25, -0.2) is 0 Å². The Hall–Kier alpha value is -0.340. The lowest BCUT2D eigenvalue weighted by molar-refractivity contribution is -0.227. The summed E-state index contributed by atoms with van der Waals surface area (Å²) in [5, 5.41) is 0. The number of fused-ring (bicyclic) bond motifs is 7. The van der Waals surface area contributed by atoms with Gasteiger partial charge in [0.2, 0.25) is 0 Å². The lowest BCUT2D eigenvalue weighted by Gasteiger charge is -2.72. The highest BCUT2D eigenvalue weighted by Gasteiger charge is 2.70. The standard InChI is InChI=1S/C29H47NO.ClH/c1-18(2)19-10-15-29(30)17-16-27(6)20(24(19)29)8-9-22-26(5)13-12-23(31)25(3,4)21(26)11-14-28(22,27)7;/h19-22,24H,1,8-17,30H2,2-7H3;1H/t19-,20+,21-,22+,24+,26-,27+,28+,29-;/m0./s1. The van der Waals surface area contributed by atoms with E-state index in [0.717, 1.165) is 24.7 Å². The van der Waals surface area contributed by atoms with Gasteiger partial charge in [-0.1, -0.05) is 46.8 Å². The predicted molar refractivity (Wildman–Crippen MR) is 136 cm³/mol. The first-order chi connectivity index (χ1) is 14.3. The lowest BCUT2D eigenvalue weighted by atomic mass is 9.33. The van der Waals surface area contributed by atoms with E-state index in [9.17, 15) is 4.79 Å². The van der Waals surface area contributed by atoms with Crippen LogP contribution in [0, 0.1) is 51.2 Å². The number of allylic oxidation sites excluding steroid dienone is 1. The van der Waals surface area contributed by atoms with Gasteiger partial charge in [-0.15, -0.1) is 12.4 Å². The van der Waals surface area contributed by atoms with E-state index in [2.05, 4.69) is 48.1 Å². The zero-order valence-electron chi connectivity index (χ0n) is 21.6. The van der Waals surface area contributed by atoms with Gasteiger partial charge in [0, 0.05) is 17.4 Å². The number of Topliss-reactive ketones (excluding diaryl/α,β-unsaturated/α-hetero) is 1. The van der Waals surface area contributed by atoms with Crippen molar-refractivity contribution in [1.29, 1.82) is 0 Å². The van der Waals surface area contributed by atoms with Crippen LogP contribution in [0.5, 0.6) is 0 Å². The van der Waals surface area contributed by atoms with Crippen LogP contribution in [0.2, 0.25) is 0 Å². The number of rotatable bonds is 1. The SMILES string of the molecule is C=C(C)[C@@H]1CC[C@]2(N)CC[C@]3(C)[C@H](CC[C@@H]4[C@@]5(C)CCC(=O)C(C)(C)[C@@H]5CC[C@]43C)[C@@H]12.Cl. The molecule has 5 aliphatic rings. The Morgan fingerprint density at radius 3 is 2.22 bits per heavy atom. The Balaban J connectivity index is 0.00000245. The molecular formula is C29H48ClNO. The number of halogens is 1. The molecule has 0 spiro atoms. The Labute approximate surface area is 203 Å². The topological polar surface area (TPSA) is 43.1 Å². The van der Waals surface area contributed by atoms with Gasteiger partial charge < -0.3 is 5.73 Å². The van der Waals surface area contributed by atoms with Gasteiger partial charge in [0.15, 0.2) is 0 Å². The van der Waals surface area contributed by atoms with Crippen molar-refractivity contribution in [2.75, 3.05) is 0 Å². The molecule has 2 N–H and O–H groups in total. The highest BCUT2D eigenvalue weighted by Crippen LogP contribution is 2.75. The summed E-state index contributed by atoms with van der Waals surface area (Å²) in [6.07, 6.45) is 12.0. The molecule has 5 saturated carbocycles. The minimum Gasteiger partial charge on any atom is -0.325 e. The third kappa shape index (κ3) is 2.84. The first kappa shape index (κ1) is 24.8. The number of carbonyl (C=O) groups is 1. The van der Waals surface area contributed by atoms with E-state index in [1.54, 1.807) is 0 Å². The molecule has 5 rings (SSSR count). The molecule has 0 unspecified atom stereocenters. The summed E-state index contributed by atoms with van der Waals surface area (Å²) in [6, 6.07) is 0. The maximum atomic E-state index is 12.9. The first-order valence-electron chi connectivity index (χ1n) is 13.3. The molecule has 0 aromatic carbocycles. The molecule has 0 aromatic rings. The van der Waals surface area contributed by atoms with Crippen molar-refractivity contribution in [3.05, 3.63) is 12.2 Å². The van der Waals surface area contributed by atoms with Gasteiger partial charge in [-0.3, -0.25) is 4.79 Å². The minimum absolute atomic E-state index is 0. The number of hydrogen-bond acceptors (Lipinski definition) is 2. The molecule has 0 saturated heterocycles. The van der Waals surface area contributed by atoms with E-state index in [4.69, 9.17) is 5.73 Å². The molecule has 0 amide bonds. The molecule has 3 heteroatoms. The van der Waals surface area contributed by atoms with Crippen LogP contribution in [0.15, 0.2) is 12.2 Å². The van der Waals surface area contributed by atoms with E-state index in [0.29, 0.717) is 39.8 Å². The molecule has 5 fully saturated rings. The Morgan fingerprint density at radius 2 is 1.56 bits per heavy atom. The number of nitrogens with two attached hydrogens (primary N) is 1. The minimum atomic E-state index is -0.151. The second kappa shape index (κ2) is 7.33. The van der Waals surface area contributed by atoms with Crippen molar-refractivity contribution in [2.45, 2.75) is 111 Å². The maximum Gasteiger partial charge on any atom is 0.138 e. The van der Waals surface area contributed by atoms with Crippen LogP contribution in [0.1, 0.15) is 106 Å². The van der Waals surface area contributed by atoms with Crippen LogP contribution in [-0.2, 0) is 4.79 Å². The Kier molecular flexibility index (Phi) is 5.67. The summed E-state index contributed by atoms with van der Waals surface area (Å²) in [4.78, 5) is 12.9. The monoisotopic (exact) mass is 461 g/mol. The second-order valence-corrected chi connectivity index (χ2v) is 14.1. The molecule has 182 valence electrons. The third-order valence-corrected chi connectivity index (χ3v) is 12.9. The van der Waals surface area contributed by atoms with Crippen molar-refractivity contribution >= 4 is 18.2 Å². The first-order valence-corrected chi connectivity index (χ1v) is 13.3. The summed E-state index contributed by atoms with van der Waals surface area (Å²) < 4.78 is 0. The lowest BCUT2D eigenvalue weighted by Crippen LogP contribution is -2.68. The number of carbonyl (C=O) groups excluding carboxylic acids is 1. The summed E-state index contributed by atoms with van der Waals surface area (Å²) in [5.74, 6) is 3.77. The van der Waals surface area contributed by atoms with Gasteiger partial charge >= 0.3 is 0 Å². The van der Waals surface area contributed by atoms with Crippen LogP contribution in [0.3, 0.4) is 0 Å². The summed E-state index contributed by atoms with van der Waals surface area (Å²) in [5.41, 5.74) is 9.46. The molecule has 0 aliphatic heterocycles. The van der Waals surface area contributed by atoms with Crippen LogP contribution in [0.4, 0.5) is 0 Å². The fourth-order valence-electron chi connectivity index (χ4n) is 11.0. The van der Waals surface area contributed by atoms with Gasteiger partial charge in [0.05, 0.1) is 0 Å². The molecule has 0 heterocycles. The zero-order valence-corrected chi connectivity index (χ0v) is 22.4. The zero-order chi connectivity index (χ0) is 22.6. The molecule has 5 aliphatic carbocycles. The van der Waals surface area contributed by atoms with Crippen LogP contribution in [-0.4, -0.2) is 11.3 Å². The molecule has 32 heavy (non-hydrogen) atoms. The van der Waals surface area contributed by atoms with Crippen molar-refractivity contribution in [1.82, 2.24) is 0 Å². The van der Waals surface area contributed by atoms with Gasteiger partial charge in [0.1, 0.15) is 5.78 Å². The van der Waals surface area contributed by atoms with E-state index < -0.39 is 0 Å². The molecule has 0 radical (unpaired) electrons. The smallest absolute Gasteiger partial charge is 0.138 e. The van der Waals surface area contributed by atoms with Crippen LogP contribution < -0.4 is 5.73 Å². The third-order valence-electron chi connectivity index (χ3n) is 12.9. The molecular weight excluding hydrogens is 414 g/mol. The Bertz CT molecular complexity index is 820. The van der Waals surface area contributed by atoms with E-state index >= 15 is 0 Å². The number of hydrogen-bond donors (Lipinski definition) is 1. The average molecular weight is 462 g/mol.